The van der Waals surface area contributed by atoms with Gasteiger partial charge < -0.3 is 10.4 Å². The molecule has 0 amide bonds. The Hall–Kier alpha value is -0.0800. The summed E-state index contributed by atoms with van der Waals surface area (Å²) in [5.41, 5.74) is 0. The molecule has 0 heterocycles. The number of nitrogens with one attached hydrogen (secondary N) is 1. The van der Waals surface area contributed by atoms with Crippen LogP contribution in [0.5, 0.6) is 0 Å². The lowest BCUT2D eigenvalue weighted by atomic mass is 9.78. The quantitative estimate of drug-likeness (QED) is 0.639. The maximum absolute atomic E-state index is 8.71. The predicted octanol–water partition coefficient (Wildman–Crippen LogP) is 3.34. The summed E-state index contributed by atoms with van der Waals surface area (Å²) in [6.07, 6.45) is 10.3. The second kappa shape index (κ2) is 8.93. The van der Waals surface area contributed by atoms with E-state index in [1.54, 1.807) is 0 Å². The van der Waals surface area contributed by atoms with Crippen LogP contribution in [-0.2, 0) is 0 Å². The molecule has 2 N–H and O–H groups in total. The van der Waals surface area contributed by atoms with Gasteiger partial charge in [-0.25, -0.2) is 0 Å². The third-order valence-electron chi connectivity index (χ3n) is 4.17. The molecule has 1 rings (SSSR count). The molecule has 0 radical (unpaired) electrons. The lowest BCUT2D eigenvalue weighted by molar-refractivity contribution is 0.205. The Morgan fingerprint density at radius 3 is 2.47 bits per heavy atom. The van der Waals surface area contributed by atoms with E-state index in [9.17, 15) is 0 Å². The monoisotopic (exact) mass is 241 g/mol. The highest BCUT2D eigenvalue weighted by Gasteiger charge is 2.26. The molecule has 0 saturated heterocycles. The third-order valence-corrected chi connectivity index (χ3v) is 4.17. The molecule has 2 nitrogen and oxygen atoms in total. The van der Waals surface area contributed by atoms with Gasteiger partial charge in [-0.2, -0.15) is 0 Å². The summed E-state index contributed by atoms with van der Waals surface area (Å²) in [6, 6.07) is 0.765. The van der Waals surface area contributed by atoms with Crippen LogP contribution in [-0.4, -0.2) is 24.3 Å². The number of unbranched alkanes of at least 4 members (excludes halogenated alkanes) is 3. The average Bonchev–Trinajstić information content (AvgIpc) is 2.34. The zero-order valence-electron chi connectivity index (χ0n) is 11.8. The first kappa shape index (κ1) is 15.0. The second-order valence-corrected chi connectivity index (χ2v) is 5.89. The zero-order chi connectivity index (χ0) is 12.5. The molecule has 2 heteroatoms. The third kappa shape index (κ3) is 5.87. The van der Waals surface area contributed by atoms with Crippen molar-refractivity contribution in [3.8, 4) is 0 Å². The van der Waals surface area contributed by atoms with Crippen molar-refractivity contribution in [3.05, 3.63) is 0 Å². The van der Waals surface area contributed by atoms with E-state index in [2.05, 4.69) is 19.2 Å². The molecule has 0 spiro atoms. The first-order valence-corrected chi connectivity index (χ1v) is 7.60. The Kier molecular flexibility index (Phi) is 7.87. The minimum absolute atomic E-state index is 0.353. The number of aliphatic hydroxyl groups excluding tert-OH is 1. The largest absolute Gasteiger partial charge is 0.396 e. The highest BCUT2D eigenvalue weighted by atomic mass is 16.2. The maximum Gasteiger partial charge on any atom is 0.0431 e. The van der Waals surface area contributed by atoms with Gasteiger partial charge in [-0.3, -0.25) is 0 Å². The molecule has 1 fully saturated rings. The number of hydrogen-bond acceptors (Lipinski definition) is 2. The second-order valence-electron chi connectivity index (χ2n) is 5.89. The molecule has 1 aliphatic carbocycles. The van der Waals surface area contributed by atoms with Crippen LogP contribution < -0.4 is 5.32 Å². The lowest BCUT2D eigenvalue weighted by Crippen LogP contribution is -2.41. The molecule has 0 aromatic heterocycles. The fourth-order valence-electron chi connectivity index (χ4n) is 3.09. The molecule has 0 aromatic rings. The summed E-state index contributed by atoms with van der Waals surface area (Å²) >= 11 is 0. The van der Waals surface area contributed by atoms with E-state index in [0.717, 1.165) is 24.3 Å². The molecule has 0 aromatic carbocycles. The molecule has 1 saturated carbocycles. The summed E-state index contributed by atoms with van der Waals surface area (Å²) in [6.45, 7) is 6.25. The fourth-order valence-corrected chi connectivity index (χ4v) is 3.09. The van der Waals surface area contributed by atoms with Crippen molar-refractivity contribution in [2.24, 2.45) is 11.8 Å². The summed E-state index contributed by atoms with van der Waals surface area (Å²) in [5.74, 6) is 1.71. The van der Waals surface area contributed by atoms with Crippen molar-refractivity contribution < 1.29 is 5.11 Å². The Balaban J connectivity index is 2.11. The smallest absolute Gasteiger partial charge is 0.0431 e. The molecule has 2 atom stereocenters. The Morgan fingerprint density at radius 2 is 1.76 bits per heavy atom. The number of hydrogen-bond donors (Lipinski definition) is 2. The molecule has 2 unspecified atom stereocenters. The number of rotatable bonds is 8. The minimum Gasteiger partial charge on any atom is -0.396 e. The SMILES string of the molecule is CC(C)C1CCCCC1NCCCCCCO. The van der Waals surface area contributed by atoms with Gasteiger partial charge in [0.15, 0.2) is 0 Å². The number of aliphatic hydroxyl groups is 1. The van der Waals surface area contributed by atoms with Crippen LogP contribution in [0.3, 0.4) is 0 Å². The van der Waals surface area contributed by atoms with Gasteiger partial charge in [-0.15, -0.1) is 0 Å². The fraction of sp³-hybridized carbons (Fsp3) is 1.00. The van der Waals surface area contributed by atoms with E-state index >= 15 is 0 Å². The lowest BCUT2D eigenvalue weighted by Gasteiger charge is -2.35. The van der Waals surface area contributed by atoms with Crippen LogP contribution in [0.25, 0.3) is 0 Å². The van der Waals surface area contributed by atoms with E-state index in [1.165, 1.54) is 51.5 Å². The van der Waals surface area contributed by atoms with E-state index in [1.807, 2.05) is 0 Å². The molecular formula is C15H31NO. The molecule has 1 aliphatic rings. The maximum atomic E-state index is 8.71. The Morgan fingerprint density at radius 1 is 1.06 bits per heavy atom. The molecule has 0 aliphatic heterocycles. The van der Waals surface area contributed by atoms with Gasteiger partial charge in [0.05, 0.1) is 0 Å². The van der Waals surface area contributed by atoms with Crippen LogP contribution in [0.4, 0.5) is 0 Å². The van der Waals surface area contributed by atoms with Gasteiger partial charge in [0.25, 0.3) is 0 Å². The van der Waals surface area contributed by atoms with E-state index in [0.29, 0.717) is 6.61 Å². The van der Waals surface area contributed by atoms with Crippen LogP contribution in [0.15, 0.2) is 0 Å². The van der Waals surface area contributed by atoms with Crippen LogP contribution in [0, 0.1) is 11.8 Å². The Labute approximate surface area is 107 Å². The van der Waals surface area contributed by atoms with E-state index < -0.39 is 0 Å². The summed E-state index contributed by atoms with van der Waals surface area (Å²) in [4.78, 5) is 0. The van der Waals surface area contributed by atoms with E-state index in [4.69, 9.17) is 5.11 Å². The summed E-state index contributed by atoms with van der Waals surface area (Å²) in [5, 5.41) is 12.5. The zero-order valence-corrected chi connectivity index (χ0v) is 11.8. The van der Waals surface area contributed by atoms with Crippen molar-refractivity contribution in [2.75, 3.05) is 13.2 Å². The topological polar surface area (TPSA) is 32.3 Å². The van der Waals surface area contributed by atoms with Gasteiger partial charge in [0.1, 0.15) is 0 Å². The first-order chi connectivity index (χ1) is 8.25. The first-order valence-electron chi connectivity index (χ1n) is 7.60. The van der Waals surface area contributed by atoms with Crippen molar-refractivity contribution in [1.82, 2.24) is 5.32 Å². The van der Waals surface area contributed by atoms with Crippen LogP contribution in [0.2, 0.25) is 0 Å². The highest BCUT2D eigenvalue weighted by Crippen LogP contribution is 2.30. The van der Waals surface area contributed by atoms with Gasteiger partial charge in [-0.05, 0) is 44.1 Å². The van der Waals surface area contributed by atoms with Crippen molar-refractivity contribution in [2.45, 2.75) is 71.3 Å². The minimum atomic E-state index is 0.353. The van der Waals surface area contributed by atoms with Crippen molar-refractivity contribution >= 4 is 0 Å². The van der Waals surface area contributed by atoms with Gasteiger partial charge >= 0.3 is 0 Å². The van der Waals surface area contributed by atoms with Crippen LogP contribution in [0.1, 0.15) is 65.2 Å². The predicted molar refractivity (Wildman–Crippen MR) is 74.1 cm³/mol. The standard InChI is InChI=1S/C15H31NO/c1-13(2)14-9-5-6-10-15(14)16-11-7-3-4-8-12-17/h13-17H,3-12H2,1-2H3. The molecule has 0 bridgehead atoms. The molecule has 17 heavy (non-hydrogen) atoms. The normalized spacial score (nSPS) is 25.4. The van der Waals surface area contributed by atoms with Crippen molar-refractivity contribution in [3.63, 3.8) is 0 Å². The van der Waals surface area contributed by atoms with E-state index in [-0.39, 0.29) is 0 Å². The Bertz CT molecular complexity index is 182. The highest BCUT2D eigenvalue weighted by molar-refractivity contribution is 4.82. The summed E-state index contributed by atoms with van der Waals surface area (Å²) in [7, 11) is 0. The van der Waals surface area contributed by atoms with Gasteiger partial charge in [-0.1, -0.05) is 39.5 Å². The van der Waals surface area contributed by atoms with Crippen LogP contribution >= 0.6 is 0 Å². The van der Waals surface area contributed by atoms with Gasteiger partial charge in [0, 0.05) is 12.6 Å². The van der Waals surface area contributed by atoms with Crippen molar-refractivity contribution in [1.29, 1.82) is 0 Å². The molecule has 102 valence electrons. The van der Waals surface area contributed by atoms with Gasteiger partial charge in [0.2, 0.25) is 0 Å². The summed E-state index contributed by atoms with van der Waals surface area (Å²) < 4.78 is 0. The average molecular weight is 241 g/mol. The molecular weight excluding hydrogens is 210 g/mol.